The van der Waals surface area contributed by atoms with Crippen molar-refractivity contribution in [3.8, 4) is 17.1 Å². The summed E-state index contributed by atoms with van der Waals surface area (Å²) in [7, 11) is 0. The molecule has 1 aromatic carbocycles. The van der Waals surface area contributed by atoms with Gasteiger partial charge in [-0.3, -0.25) is 0 Å². The van der Waals surface area contributed by atoms with Gasteiger partial charge in [0.05, 0.1) is 12.2 Å². The van der Waals surface area contributed by atoms with E-state index >= 15 is 0 Å². The van der Waals surface area contributed by atoms with Gasteiger partial charge in [0.2, 0.25) is 0 Å². The summed E-state index contributed by atoms with van der Waals surface area (Å²) in [5.41, 5.74) is 2.02. The Balaban J connectivity index is 2.48. The molecule has 0 fully saturated rings. The smallest absolute Gasteiger partial charge is 0.137 e. The fraction of sp³-hybridized carbons (Fsp3) is 0.200. The molecule has 1 aromatic heterocycles. The first-order chi connectivity index (χ1) is 8.24. The minimum absolute atomic E-state index is 0.632. The van der Waals surface area contributed by atoms with E-state index in [1.807, 2.05) is 44.2 Å². The van der Waals surface area contributed by atoms with Crippen molar-refractivity contribution in [2.24, 2.45) is 0 Å². The van der Waals surface area contributed by atoms with Gasteiger partial charge in [-0.15, -0.1) is 0 Å². The van der Waals surface area contributed by atoms with Crippen molar-refractivity contribution in [2.75, 3.05) is 6.61 Å². The van der Waals surface area contributed by atoms with E-state index in [1.165, 1.54) is 0 Å². The third kappa shape index (κ3) is 2.41. The predicted molar refractivity (Wildman–Crippen MR) is 70.1 cm³/mol. The van der Waals surface area contributed by atoms with Crippen LogP contribution in [0.25, 0.3) is 17.4 Å². The number of rotatable bonds is 4. The second-order valence-corrected chi connectivity index (χ2v) is 3.80. The van der Waals surface area contributed by atoms with Gasteiger partial charge in [-0.05, 0) is 43.7 Å². The van der Waals surface area contributed by atoms with Crippen LogP contribution in [0.1, 0.15) is 18.2 Å². The molecule has 1 heterocycles. The lowest BCUT2D eigenvalue weighted by molar-refractivity contribution is 0.340. The van der Waals surface area contributed by atoms with Crippen LogP contribution in [0.4, 0.5) is 0 Å². The molecule has 17 heavy (non-hydrogen) atoms. The zero-order chi connectivity index (χ0) is 12.3. The Morgan fingerprint density at radius 2 is 2.12 bits per heavy atom. The Bertz CT molecular complexity index is 523. The highest BCUT2D eigenvalue weighted by Crippen LogP contribution is 2.32. The van der Waals surface area contributed by atoms with Crippen LogP contribution in [0.2, 0.25) is 0 Å². The van der Waals surface area contributed by atoms with Crippen molar-refractivity contribution < 1.29 is 9.15 Å². The highest BCUT2D eigenvalue weighted by Gasteiger charge is 2.09. The Morgan fingerprint density at radius 3 is 2.71 bits per heavy atom. The fourth-order valence-electron chi connectivity index (χ4n) is 1.72. The van der Waals surface area contributed by atoms with Gasteiger partial charge in [-0.25, -0.2) is 0 Å². The quantitative estimate of drug-likeness (QED) is 0.778. The molecule has 0 radical (unpaired) electrons. The van der Waals surface area contributed by atoms with Crippen molar-refractivity contribution in [3.05, 3.63) is 48.2 Å². The van der Waals surface area contributed by atoms with Gasteiger partial charge in [0, 0.05) is 0 Å². The van der Waals surface area contributed by atoms with Crippen molar-refractivity contribution in [3.63, 3.8) is 0 Å². The molecule has 2 heteroatoms. The summed E-state index contributed by atoms with van der Waals surface area (Å²) < 4.78 is 11.3. The minimum Gasteiger partial charge on any atom is -0.493 e. The summed E-state index contributed by atoms with van der Waals surface area (Å²) >= 11 is 0. The van der Waals surface area contributed by atoms with E-state index < -0.39 is 0 Å². The first-order valence-corrected chi connectivity index (χ1v) is 5.70. The molecular formula is C15H16O2. The highest BCUT2D eigenvalue weighted by molar-refractivity contribution is 5.69. The van der Waals surface area contributed by atoms with Gasteiger partial charge in [-0.1, -0.05) is 18.7 Å². The van der Waals surface area contributed by atoms with E-state index in [2.05, 4.69) is 6.58 Å². The Hall–Kier alpha value is -1.96. The Morgan fingerprint density at radius 1 is 1.29 bits per heavy atom. The van der Waals surface area contributed by atoms with Crippen LogP contribution in [-0.4, -0.2) is 6.61 Å². The van der Waals surface area contributed by atoms with E-state index in [0.717, 1.165) is 28.4 Å². The lowest BCUT2D eigenvalue weighted by Crippen LogP contribution is -1.94. The van der Waals surface area contributed by atoms with Crippen LogP contribution in [0, 0.1) is 6.92 Å². The number of furan rings is 1. The van der Waals surface area contributed by atoms with Gasteiger partial charge in [0.1, 0.15) is 17.3 Å². The van der Waals surface area contributed by atoms with Crippen molar-refractivity contribution in [1.82, 2.24) is 0 Å². The van der Waals surface area contributed by atoms with E-state index in [1.54, 1.807) is 6.08 Å². The minimum atomic E-state index is 0.632. The van der Waals surface area contributed by atoms with Crippen LogP contribution in [0.3, 0.4) is 0 Å². The molecule has 0 aliphatic carbocycles. The summed E-state index contributed by atoms with van der Waals surface area (Å²) in [6, 6.07) is 9.89. The van der Waals surface area contributed by atoms with E-state index in [9.17, 15) is 0 Å². The number of benzene rings is 1. The number of hydrogen-bond acceptors (Lipinski definition) is 2. The predicted octanol–water partition coefficient (Wildman–Crippen LogP) is 4.30. The SMILES string of the molecule is C=Cc1ccc(-c2ccc(C)o2)c(OCC)c1. The summed E-state index contributed by atoms with van der Waals surface area (Å²) in [6.45, 7) is 8.29. The standard InChI is InChI=1S/C15H16O2/c1-4-12-7-8-13(15(10-12)16-5-2)14-9-6-11(3)17-14/h4,6-10H,1,5H2,2-3H3. The van der Waals surface area contributed by atoms with Gasteiger partial charge in [0.25, 0.3) is 0 Å². The van der Waals surface area contributed by atoms with E-state index in [4.69, 9.17) is 9.15 Å². The molecule has 2 nitrogen and oxygen atoms in total. The average Bonchev–Trinajstić information content (AvgIpc) is 2.76. The largest absolute Gasteiger partial charge is 0.493 e. The Kier molecular flexibility index (Phi) is 3.33. The van der Waals surface area contributed by atoms with Crippen LogP contribution >= 0.6 is 0 Å². The molecule has 0 amide bonds. The zero-order valence-electron chi connectivity index (χ0n) is 10.2. The molecule has 0 atom stereocenters. The molecule has 0 saturated heterocycles. The first-order valence-electron chi connectivity index (χ1n) is 5.70. The lowest BCUT2D eigenvalue weighted by atomic mass is 10.1. The zero-order valence-corrected chi connectivity index (χ0v) is 10.2. The summed E-state index contributed by atoms with van der Waals surface area (Å²) in [6.07, 6.45) is 1.81. The van der Waals surface area contributed by atoms with Gasteiger partial charge >= 0.3 is 0 Å². The van der Waals surface area contributed by atoms with Gasteiger partial charge < -0.3 is 9.15 Å². The molecule has 0 saturated carbocycles. The summed E-state index contributed by atoms with van der Waals surface area (Å²) in [4.78, 5) is 0. The average molecular weight is 228 g/mol. The Labute approximate surface area is 102 Å². The van der Waals surface area contributed by atoms with Crippen LogP contribution in [0.15, 0.2) is 41.3 Å². The molecule has 0 spiro atoms. The van der Waals surface area contributed by atoms with Crippen LogP contribution in [0.5, 0.6) is 5.75 Å². The van der Waals surface area contributed by atoms with Crippen LogP contribution in [-0.2, 0) is 0 Å². The molecule has 0 N–H and O–H groups in total. The summed E-state index contributed by atoms with van der Waals surface area (Å²) in [5.74, 6) is 2.57. The van der Waals surface area contributed by atoms with Gasteiger partial charge in [0.15, 0.2) is 0 Å². The molecule has 0 aliphatic rings. The van der Waals surface area contributed by atoms with Crippen molar-refractivity contribution in [2.45, 2.75) is 13.8 Å². The summed E-state index contributed by atoms with van der Waals surface area (Å²) in [5, 5.41) is 0. The highest BCUT2D eigenvalue weighted by atomic mass is 16.5. The lowest BCUT2D eigenvalue weighted by Gasteiger charge is -2.09. The molecule has 88 valence electrons. The topological polar surface area (TPSA) is 22.4 Å². The van der Waals surface area contributed by atoms with Crippen LogP contribution < -0.4 is 4.74 Å². The molecular weight excluding hydrogens is 212 g/mol. The number of aryl methyl sites for hydroxylation is 1. The molecule has 2 rings (SSSR count). The maximum absolute atomic E-state index is 5.64. The second-order valence-electron chi connectivity index (χ2n) is 3.80. The van der Waals surface area contributed by atoms with Crippen molar-refractivity contribution in [1.29, 1.82) is 0 Å². The fourth-order valence-corrected chi connectivity index (χ4v) is 1.72. The number of hydrogen-bond donors (Lipinski definition) is 0. The van der Waals surface area contributed by atoms with Crippen molar-refractivity contribution >= 4 is 6.08 Å². The number of ether oxygens (including phenoxy) is 1. The van der Waals surface area contributed by atoms with E-state index in [0.29, 0.717) is 6.61 Å². The molecule has 0 aliphatic heterocycles. The normalized spacial score (nSPS) is 10.2. The third-order valence-electron chi connectivity index (χ3n) is 2.55. The third-order valence-corrected chi connectivity index (χ3v) is 2.55. The first kappa shape index (κ1) is 11.5. The van der Waals surface area contributed by atoms with Gasteiger partial charge in [-0.2, -0.15) is 0 Å². The molecule has 0 bridgehead atoms. The maximum Gasteiger partial charge on any atom is 0.137 e. The maximum atomic E-state index is 5.64. The monoisotopic (exact) mass is 228 g/mol. The second kappa shape index (κ2) is 4.91. The molecule has 2 aromatic rings. The van der Waals surface area contributed by atoms with E-state index in [-0.39, 0.29) is 0 Å². The molecule has 0 unspecified atom stereocenters.